The van der Waals surface area contributed by atoms with Crippen molar-refractivity contribution in [2.45, 2.75) is 78.1 Å². The number of Topliss-reactive ketones (excluding diaryl/α,β-unsaturated/α-hetero) is 1. The molecule has 0 saturated heterocycles. The fourth-order valence-corrected chi connectivity index (χ4v) is 2.59. The van der Waals surface area contributed by atoms with Gasteiger partial charge in [0.25, 0.3) is 0 Å². The highest BCUT2D eigenvalue weighted by atomic mass is 16.1. The number of aldehydes is 1. The maximum Gasteiger partial charge on any atom is 0.129 e. The van der Waals surface area contributed by atoms with E-state index in [0.29, 0.717) is 18.6 Å². The predicted octanol–water partition coefficient (Wildman–Crippen LogP) is 4.58. The SMILES string of the molecule is C/C=C\N=CCCCN(CCCCCC=O)CCCCCC(C)=O. The Morgan fingerprint density at radius 3 is 2.21 bits per heavy atom. The minimum absolute atomic E-state index is 0.294. The molecule has 0 aromatic carbocycles. The van der Waals surface area contributed by atoms with Gasteiger partial charge in [0.15, 0.2) is 0 Å². The fraction of sp³-hybridized carbons (Fsp3) is 0.750. The molecule has 0 aromatic rings. The highest BCUT2D eigenvalue weighted by molar-refractivity contribution is 5.75. The minimum atomic E-state index is 0.294. The molecule has 4 heteroatoms. The predicted molar refractivity (Wildman–Crippen MR) is 103 cm³/mol. The normalized spacial score (nSPS) is 11.8. The van der Waals surface area contributed by atoms with Crippen LogP contribution in [0.4, 0.5) is 0 Å². The Balaban J connectivity index is 3.94. The van der Waals surface area contributed by atoms with Gasteiger partial charge in [-0.1, -0.05) is 18.9 Å². The lowest BCUT2D eigenvalue weighted by Crippen LogP contribution is -2.27. The van der Waals surface area contributed by atoms with E-state index in [4.69, 9.17) is 0 Å². The van der Waals surface area contributed by atoms with Crippen LogP contribution in [0.2, 0.25) is 0 Å². The largest absolute Gasteiger partial charge is 0.303 e. The lowest BCUT2D eigenvalue weighted by molar-refractivity contribution is -0.117. The molecule has 4 nitrogen and oxygen atoms in total. The molecule has 0 amide bonds. The second kappa shape index (κ2) is 18.1. The molecule has 0 saturated carbocycles. The number of rotatable bonds is 17. The molecule has 138 valence electrons. The van der Waals surface area contributed by atoms with Gasteiger partial charge >= 0.3 is 0 Å². The summed E-state index contributed by atoms with van der Waals surface area (Å²) in [7, 11) is 0. The molecule has 0 aliphatic rings. The summed E-state index contributed by atoms with van der Waals surface area (Å²) in [6.07, 6.45) is 16.9. The van der Waals surface area contributed by atoms with Crippen molar-refractivity contribution in [1.29, 1.82) is 0 Å². The van der Waals surface area contributed by atoms with Crippen LogP contribution in [0.25, 0.3) is 0 Å². The van der Waals surface area contributed by atoms with Crippen molar-refractivity contribution in [3.05, 3.63) is 12.3 Å². The van der Waals surface area contributed by atoms with Crippen molar-refractivity contribution < 1.29 is 9.59 Å². The summed E-state index contributed by atoms with van der Waals surface area (Å²) in [6.45, 7) is 6.95. The van der Waals surface area contributed by atoms with Gasteiger partial charge in [-0.15, -0.1) is 0 Å². The highest BCUT2D eigenvalue weighted by Crippen LogP contribution is 2.07. The van der Waals surface area contributed by atoms with Crippen LogP contribution in [-0.2, 0) is 9.59 Å². The molecule has 0 spiro atoms. The van der Waals surface area contributed by atoms with E-state index in [1.807, 2.05) is 25.4 Å². The zero-order valence-electron chi connectivity index (χ0n) is 15.7. The second-order valence-corrected chi connectivity index (χ2v) is 6.33. The molecule has 0 atom stereocenters. The smallest absolute Gasteiger partial charge is 0.129 e. The molecule has 0 radical (unpaired) electrons. The van der Waals surface area contributed by atoms with Crippen molar-refractivity contribution in [3.63, 3.8) is 0 Å². The van der Waals surface area contributed by atoms with Crippen LogP contribution in [-0.4, -0.2) is 42.8 Å². The maximum atomic E-state index is 11.0. The van der Waals surface area contributed by atoms with Crippen LogP contribution in [0, 0.1) is 0 Å². The average molecular weight is 337 g/mol. The van der Waals surface area contributed by atoms with Gasteiger partial charge in [0.1, 0.15) is 12.1 Å². The zero-order chi connectivity index (χ0) is 17.9. The number of allylic oxidation sites excluding steroid dienone is 1. The van der Waals surface area contributed by atoms with Crippen molar-refractivity contribution in [2.24, 2.45) is 4.99 Å². The molecule has 0 fully saturated rings. The number of unbranched alkanes of at least 4 members (excludes halogenated alkanes) is 6. The van der Waals surface area contributed by atoms with Gasteiger partial charge in [0.05, 0.1) is 0 Å². The maximum absolute atomic E-state index is 11.0. The zero-order valence-corrected chi connectivity index (χ0v) is 15.7. The van der Waals surface area contributed by atoms with Gasteiger partial charge in [-0.25, -0.2) is 0 Å². The Kier molecular flexibility index (Phi) is 17.1. The van der Waals surface area contributed by atoms with Crippen LogP contribution in [0.3, 0.4) is 0 Å². The first-order chi connectivity index (χ1) is 11.7. The van der Waals surface area contributed by atoms with Gasteiger partial charge in [0, 0.05) is 25.3 Å². The Morgan fingerprint density at radius 1 is 0.917 bits per heavy atom. The van der Waals surface area contributed by atoms with E-state index < -0.39 is 0 Å². The quantitative estimate of drug-likeness (QED) is 0.222. The van der Waals surface area contributed by atoms with Crippen molar-refractivity contribution >= 4 is 18.3 Å². The first-order valence-corrected chi connectivity index (χ1v) is 9.49. The van der Waals surface area contributed by atoms with E-state index in [-0.39, 0.29) is 0 Å². The number of aliphatic imine (C=N–C) groups is 1. The monoisotopic (exact) mass is 336 g/mol. The molecule has 0 aliphatic carbocycles. The van der Waals surface area contributed by atoms with Gasteiger partial charge in [-0.05, 0) is 72.0 Å². The summed E-state index contributed by atoms with van der Waals surface area (Å²) >= 11 is 0. The van der Waals surface area contributed by atoms with Crippen molar-refractivity contribution in [1.82, 2.24) is 4.90 Å². The van der Waals surface area contributed by atoms with Gasteiger partial charge in [-0.3, -0.25) is 4.99 Å². The summed E-state index contributed by atoms with van der Waals surface area (Å²) in [5.74, 6) is 0.294. The number of carbonyl (C=O) groups excluding carboxylic acids is 2. The number of carbonyl (C=O) groups is 2. The Morgan fingerprint density at radius 2 is 1.58 bits per heavy atom. The van der Waals surface area contributed by atoms with Crippen molar-refractivity contribution in [2.75, 3.05) is 19.6 Å². The third kappa shape index (κ3) is 17.1. The average Bonchev–Trinajstić information content (AvgIpc) is 2.56. The minimum Gasteiger partial charge on any atom is -0.303 e. The summed E-state index contributed by atoms with van der Waals surface area (Å²) < 4.78 is 0. The standard InChI is InChI=1S/C20H36N2O2/c1-3-14-21-15-8-11-18-22(16-9-4-5-12-19-23)17-10-6-7-13-20(2)24/h3,14-15,19H,4-13,16-18H2,1-2H3/b14-3-,21-15?. The Bertz CT molecular complexity index is 365. The fourth-order valence-electron chi connectivity index (χ4n) is 2.59. The molecule has 0 rings (SSSR count). The molecule has 0 aliphatic heterocycles. The van der Waals surface area contributed by atoms with Crippen LogP contribution in [0.1, 0.15) is 78.1 Å². The number of hydrogen-bond acceptors (Lipinski definition) is 4. The molecular formula is C20H36N2O2. The number of hydrogen-bond donors (Lipinski definition) is 0. The lowest BCUT2D eigenvalue weighted by Gasteiger charge is -2.22. The lowest BCUT2D eigenvalue weighted by atomic mass is 10.1. The molecule has 0 aromatic heterocycles. The summed E-state index contributed by atoms with van der Waals surface area (Å²) in [4.78, 5) is 28.0. The number of nitrogens with zero attached hydrogens (tertiary/aromatic N) is 2. The number of ketones is 1. The van der Waals surface area contributed by atoms with E-state index in [0.717, 1.165) is 77.3 Å². The summed E-state index contributed by atoms with van der Waals surface area (Å²) in [5.41, 5.74) is 0. The van der Waals surface area contributed by atoms with Crippen LogP contribution >= 0.6 is 0 Å². The van der Waals surface area contributed by atoms with Crippen molar-refractivity contribution in [3.8, 4) is 0 Å². The molecular weight excluding hydrogens is 300 g/mol. The molecule has 0 bridgehead atoms. The molecule has 0 N–H and O–H groups in total. The highest BCUT2D eigenvalue weighted by Gasteiger charge is 2.04. The van der Waals surface area contributed by atoms with E-state index in [1.165, 1.54) is 0 Å². The van der Waals surface area contributed by atoms with E-state index in [1.54, 1.807) is 6.92 Å². The summed E-state index contributed by atoms with van der Waals surface area (Å²) in [5, 5.41) is 0. The van der Waals surface area contributed by atoms with Crippen LogP contribution in [0.15, 0.2) is 17.3 Å². The third-order valence-corrected chi connectivity index (χ3v) is 3.95. The Hall–Kier alpha value is -1.29. The van der Waals surface area contributed by atoms with Crippen LogP contribution < -0.4 is 0 Å². The summed E-state index contributed by atoms with van der Waals surface area (Å²) in [6, 6.07) is 0. The third-order valence-electron chi connectivity index (χ3n) is 3.95. The Labute approximate surface area is 148 Å². The van der Waals surface area contributed by atoms with Gasteiger partial charge in [-0.2, -0.15) is 0 Å². The first-order valence-electron chi connectivity index (χ1n) is 9.49. The molecule has 0 heterocycles. The van der Waals surface area contributed by atoms with Gasteiger partial charge in [0.2, 0.25) is 0 Å². The first kappa shape index (κ1) is 22.7. The van der Waals surface area contributed by atoms with Gasteiger partial charge < -0.3 is 14.5 Å². The molecule has 24 heavy (non-hydrogen) atoms. The van der Waals surface area contributed by atoms with E-state index in [2.05, 4.69) is 9.89 Å². The topological polar surface area (TPSA) is 49.7 Å². The van der Waals surface area contributed by atoms with Crippen LogP contribution in [0.5, 0.6) is 0 Å². The molecule has 0 unspecified atom stereocenters. The second-order valence-electron chi connectivity index (χ2n) is 6.33. The van der Waals surface area contributed by atoms with E-state index >= 15 is 0 Å². The van der Waals surface area contributed by atoms with E-state index in [9.17, 15) is 9.59 Å².